The number of rotatable bonds is 1. The third kappa shape index (κ3) is 3.71. The van der Waals surface area contributed by atoms with Crippen LogP contribution in [0.15, 0.2) is 24.8 Å². The van der Waals surface area contributed by atoms with E-state index in [4.69, 9.17) is 0 Å². The molecule has 0 saturated heterocycles. The van der Waals surface area contributed by atoms with Crippen LogP contribution < -0.4 is 0 Å². The van der Waals surface area contributed by atoms with Crippen molar-refractivity contribution in [3.05, 3.63) is 41.5 Å². The van der Waals surface area contributed by atoms with Gasteiger partial charge < -0.3 is 0 Å². The fourth-order valence-electron chi connectivity index (χ4n) is 1.39. The molecule has 0 nitrogen and oxygen atoms in total. The number of hydrogen-bond donors (Lipinski definition) is 0. The van der Waals surface area contributed by atoms with E-state index in [0.717, 1.165) is 5.57 Å². The summed E-state index contributed by atoms with van der Waals surface area (Å²) in [7, 11) is -1.31. The standard InChI is InChI=1S/C15H20Si/c1-12-7-8-13(2)15(11-12)14(3)9-10-16(4,5)6/h7-8,11H,3H2,1-2,4-6H3. The molecule has 0 atom stereocenters. The van der Waals surface area contributed by atoms with E-state index in [9.17, 15) is 0 Å². The van der Waals surface area contributed by atoms with E-state index in [-0.39, 0.29) is 0 Å². The van der Waals surface area contributed by atoms with Gasteiger partial charge >= 0.3 is 0 Å². The molecule has 1 rings (SSSR count). The van der Waals surface area contributed by atoms with Crippen molar-refractivity contribution >= 4 is 13.6 Å². The van der Waals surface area contributed by atoms with Gasteiger partial charge in [-0.05, 0) is 25.0 Å². The zero-order valence-electron chi connectivity index (χ0n) is 10.9. The molecule has 0 heterocycles. The van der Waals surface area contributed by atoms with Crippen LogP contribution in [0.3, 0.4) is 0 Å². The summed E-state index contributed by atoms with van der Waals surface area (Å²) in [6.45, 7) is 15.0. The number of allylic oxidation sites excluding steroid dienone is 1. The Morgan fingerprint density at radius 3 is 2.38 bits per heavy atom. The van der Waals surface area contributed by atoms with E-state index in [0.29, 0.717) is 0 Å². The molecule has 0 aromatic heterocycles. The van der Waals surface area contributed by atoms with Gasteiger partial charge in [0.15, 0.2) is 0 Å². The molecule has 0 aliphatic heterocycles. The quantitative estimate of drug-likeness (QED) is 0.499. The maximum Gasteiger partial charge on any atom is 0.129 e. The minimum absolute atomic E-state index is 0.948. The van der Waals surface area contributed by atoms with Gasteiger partial charge in [-0.15, -0.1) is 5.54 Å². The van der Waals surface area contributed by atoms with Crippen molar-refractivity contribution in [1.29, 1.82) is 0 Å². The number of hydrogen-bond acceptors (Lipinski definition) is 0. The zero-order valence-corrected chi connectivity index (χ0v) is 11.9. The van der Waals surface area contributed by atoms with Gasteiger partial charge in [0.2, 0.25) is 0 Å². The molecule has 0 fully saturated rings. The predicted octanol–water partition coefficient (Wildman–Crippen LogP) is 4.20. The van der Waals surface area contributed by atoms with Crippen LogP contribution in [-0.4, -0.2) is 8.07 Å². The first-order valence-corrected chi connectivity index (χ1v) is 9.09. The topological polar surface area (TPSA) is 0 Å². The third-order valence-corrected chi connectivity index (χ3v) is 3.18. The fraction of sp³-hybridized carbons (Fsp3) is 0.333. The average molecular weight is 228 g/mol. The Balaban J connectivity index is 3.05. The molecule has 0 bridgehead atoms. The van der Waals surface area contributed by atoms with Gasteiger partial charge in [-0.3, -0.25) is 0 Å². The maximum atomic E-state index is 4.08. The van der Waals surface area contributed by atoms with Crippen LogP contribution in [0.5, 0.6) is 0 Å². The van der Waals surface area contributed by atoms with E-state index >= 15 is 0 Å². The smallest absolute Gasteiger partial charge is 0.127 e. The molecular formula is C15H20Si. The van der Waals surface area contributed by atoms with Crippen LogP contribution in [-0.2, 0) is 0 Å². The summed E-state index contributed by atoms with van der Waals surface area (Å²) in [6.07, 6.45) is 0. The molecule has 1 aromatic rings. The molecule has 1 heteroatoms. The normalized spacial score (nSPS) is 10.6. The van der Waals surface area contributed by atoms with Crippen LogP contribution in [0.4, 0.5) is 0 Å². The van der Waals surface area contributed by atoms with E-state index in [1.807, 2.05) is 0 Å². The summed E-state index contributed by atoms with van der Waals surface area (Å²) in [6, 6.07) is 6.42. The van der Waals surface area contributed by atoms with Crippen LogP contribution in [0.2, 0.25) is 19.6 Å². The lowest BCUT2D eigenvalue weighted by Crippen LogP contribution is -2.16. The minimum Gasteiger partial charge on any atom is -0.127 e. The Bertz CT molecular complexity index is 464. The number of aryl methyl sites for hydroxylation is 2. The van der Waals surface area contributed by atoms with Crippen LogP contribution in [0.1, 0.15) is 16.7 Å². The number of benzene rings is 1. The van der Waals surface area contributed by atoms with E-state index in [1.165, 1.54) is 16.7 Å². The Labute approximate surface area is 100 Å². The predicted molar refractivity (Wildman–Crippen MR) is 76.1 cm³/mol. The molecule has 0 unspecified atom stereocenters. The summed E-state index contributed by atoms with van der Waals surface area (Å²) in [5.74, 6) is 3.22. The van der Waals surface area contributed by atoms with Crippen molar-refractivity contribution in [2.75, 3.05) is 0 Å². The lowest BCUT2D eigenvalue weighted by atomic mass is 10.0. The highest BCUT2D eigenvalue weighted by molar-refractivity contribution is 6.84. The summed E-state index contributed by atoms with van der Waals surface area (Å²) < 4.78 is 0. The molecular weight excluding hydrogens is 208 g/mol. The largest absolute Gasteiger partial charge is 0.129 e. The van der Waals surface area contributed by atoms with Crippen molar-refractivity contribution in [3.63, 3.8) is 0 Å². The van der Waals surface area contributed by atoms with Crippen molar-refractivity contribution in [2.24, 2.45) is 0 Å². The van der Waals surface area contributed by atoms with Crippen molar-refractivity contribution in [2.45, 2.75) is 33.5 Å². The van der Waals surface area contributed by atoms with Gasteiger partial charge in [0.1, 0.15) is 8.07 Å². The molecule has 0 saturated carbocycles. The van der Waals surface area contributed by atoms with Crippen molar-refractivity contribution in [3.8, 4) is 11.5 Å². The monoisotopic (exact) mass is 228 g/mol. The highest BCUT2D eigenvalue weighted by Crippen LogP contribution is 2.18. The highest BCUT2D eigenvalue weighted by atomic mass is 28.3. The lowest BCUT2D eigenvalue weighted by Gasteiger charge is -2.07. The Kier molecular flexibility index (Phi) is 3.77. The first-order valence-electron chi connectivity index (χ1n) is 5.59. The highest BCUT2D eigenvalue weighted by Gasteiger charge is 2.08. The van der Waals surface area contributed by atoms with Crippen LogP contribution >= 0.6 is 0 Å². The lowest BCUT2D eigenvalue weighted by molar-refractivity contribution is 1.37. The zero-order chi connectivity index (χ0) is 12.3. The SMILES string of the molecule is C=C(C#C[Si](C)(C)C)c1cc(C)ccc1C. The van der Waals surface area contributed by atoms with E-state index < -0.39 is 8.07 Å². The van der Waals surface area contributed by atoms with Gasteiger partial charge in [-0.2, -0.15) is 0 Å². The van der Waals surface area contributed by atoms with Crippen molar-refractivity contribution < 1.29 is 0 Å². The maximum absolute atomic E-state index is 4.08. The summed E-state index contributed by atoms with van der Waals surface area (Å²) in [5, 5.41) is 0. The van der Waals surface area contributed by atoms with Crippen LogP contribution in [0.25, 0.3) is 5.57 Å². The summed E-state index contributed by atoms with van der Waals surface area (Å²) >= 11 is 0. The van der Waals surface area contributed by atoms with Gasteiger partial charge in [0.05, 0.1) is 0 Å². The molecule has 84 valence electrons. The first kappa shape index (κ1) is 12.8. The molecule has 0 amide bonds. The Hall–Kier alpha value is -1.26. The minimum atomic E-state index is -1.31. The van der Waals surface area contributed by atoms with Crippen LogP contribution in [0, 0.1) is 25.3 Å². The van der Waals surface area contributed by atoms with Gasteiger partial charge in [0, 0.05) is 5.57 Å². The molecule has 0 N–H and O–H groups in total. The van der Waals surface area contributed by atoms with Gasteiger partial charge in [-0.25, -0.2) is 0 Å². The van der Waals surface area contributed by atoms with E-state index in [1.54, 1.807) is 0 Å². The van der Waals surface area contributed by atoms with Crippen molar-refractivity contribution in [1.82, 2.24) is 0 Å². The molecule has 0 aliphatic carbocycles. The third-order valence-electron chi connectivity index (χ3n) is 2.31. The summed E-state index contributed by atoms with van der Waals surface area (Å²) in [5.41, 5.74) is 8.00. The molecule has 0 radical (unpaired) electrons. The summed E-state index contributed by atoms with van der Waals surface area (Å²) in [4.78, 5) is 0. The van der Waals surface area contributed by atoms with E-state index in [2.05, 4.69) is 69.7 Å². The molecule has 0 spiro atoms. The second-order valence-corrected chi connectivity index (χ2v) is 10.0. The van der Waals surface area contributed by atoms with Gasteiger partial charge in [0.25, 0.3) is 0 Å². The molecule has 0 aliphatic rings. The second-order valence-electron chi connectivity index (χ2n) is 5.30. The Morgan fingerprint density at radius 2 is 1.81 bits per heavy atom. The van der Waals surface area contributed by atoms with Gasteiger partial charge in [-0.1, -0.05) is 55.9 Å². The average Bonchev–Trinajstić information content (AvgIpc) is 2.17. The molecule has 16 heavy (non-hydrogen) atoms. The molecule has 1 aromatic carbocycles. The fourth-order valence-corrected chi connectivity index (χ4v) is 1.92. The Morgan fingerprint density at radius 1 is 1.19 bits per heavy atom. The second kappa shape index (κ2) is 4.72. The first-order chi connectivity index (χ1) is 7.29.